The van der Waals surface area contributed by atoms with Gasteiger partial charge >= 0.3 is 0 Å². The maximum absolute atomic E-state index is 3.70. The molecule has 0 saturated carbocycles. The molecule has 16 heavy (non-hydrogen) atoms. The standard InChI is InChI=1S/C13H18BrNS/c1-3-9-16-10-8-15-11(2)12-4-6-13(14)7-5-12/h3-7,11,15H,1,8-10H2,2H3. The summed E-state index contributed by atoms with van der Waals surface area (Å²) in [5.41, 5.74) is 1.33. The highest BCUT2D eigenvalue weighted by Crippen LogP contribution is 2.16. The Morgan fingerprint density at radius 1 is 1.44 bits per heavy atom. The Labute approximate surface area is 111 Å². The normalized spacial score (nSPS) is 12.4. The number of nitrogens with one attached hydrogen (secondary N) is 1. The zero-order valence-electron chi connectivity index (χ0n) is 9.58. The summed E-state index contributed by atoms with van der Waals surface area (Å²) < 4.78 is 1.13. The molecule has 0 aliphatic rings. The molecule has 3 heteroatoms. The molecular weight excluding hydrogens is 282 g/mol. The van der Waals surface area contributed by atoms with Gasteiger partial charge in [0, 0.05) is 28.6 Å². The van der Waals surface area contributed by atoms with Crippen LogP contribution in [0, 0.1) is 0 Å². The molecule has 1 nitrogen and oxygen atoms in total. The van der Waals surface area contributed by atoms with Gasteiger partial charge in [-0.15, -0.1) is 6.58 Å². The molecule has 1 rings (SSSR count). The lowest BCUT2D eigenvalue weighted by Gasteiger charge is -2.13. The van der Waals surface area contributed by atoms with Crippen molar-refractivity contribution in [1.29, 1.82) is 0 Å². The van der Waals surface area contributed by atoms with Crippen LogP contribution in [-0.2, 0) is 0 Å². The summed E-state index contributed by atoms with van der Waals surface area (Å²) in [6.45, 7) is 6.94. The van der Waals surface area contributed by atoms with Crippen LogP contribution in [0.4, 0.5) is 0 Å². The van der Waals surface area contributed by atoms with Crippen molar-refractivity contribution in [2.45, 2.75) is 13.0 Å². The van der Waals surface area contributed by atoms with E-state index in [4.69, 9.17) is 0 Å². The van der Waals surface area contributed by atoms with E-state index in [-0.39, 0.29) is 0 Å². The van der Waals surface area contributed by atoms with Gasteiger partial charge in [-0.2, -0.15) is 11.8 Å². The molecule has 0 aliphatic heterocycles. The molecule has 88 valence electrons. The second-order valence-electron chi connectivity index (χ2n) is 3.59. The molecule has 0 aliphatic carbocycles. The van der Waals surface area contributed by atoms with E-state index in [0.29, 0.717) is 6.04 Å². The van der Waals surface area contributed by atoms with E-state index in [1.165, 1.54) is 5.56 Å². The Balaban J connectivity index is 2.26. The quantitative estimate of drug-likeness (QED) is 0.603. The van der Waals surface area contributed by atoms with Crippen molar-refractivity contribution in [1.82, 2.24) is 5.32 Å². The molecule has 0 radical (unpaired) electrons. The summed E-state index contributed by atoms with van der Waals surface area (Å²) in [4.78, 5) is 0. The highest BCUT2D eigenvalue weighted by molar-refractivity contribution is 9.10. The Hall–Kier alpha value is -0.250. The summed E-state index contributed by atoms with van der Waals surface area (Å²) in [5.74, 6) is 2.17. The number of hydrogen-bond donors (Lipinski definition) is 1. The molecule has 0 spiro atoms. The van der Waals surface area contributed by atoms with E-state index >= 15 is 0 Å². The van der Waals surface area contributed by atoms with Crippen LogP contribution in [0.15, 0.2) is 41.4 Å². The third-order valence-electron chi connectivity index (χ3n) is 2.30. The summed E-state index contributed by atoms with van der Waals surface area (Å²) in [6.07, 6.45) is 1.95. The Bertz CT molecular complexity index is 310. The molecule has 0 fully saturated rings. The van der Waals surface area contributed by atoms with Gasteiger partial charge in [0.15, 0.2) is 0 Å². The molecule has 1 N–H and O–H groups in total. The minimum atomic E-state index is 0.414. The van der Waals surface area contributed by atoms with Crippen molar-refractivity contribution in [2.75, 3.05) is 18.1 Å². The molecule has 0 aromatic heterocycles. The fraction of sp³-hybridized carbons (Fsp3) is 0.385. The molecule has 0 amide bonds. The predicted octanol–water partition coefficient (Wildman–Crippen LogP) is 4.02. The molecule has 0 saturated heterocycles. The van der Waals surface area contributed by atoms with Crippen LogP contribution >= 0.6 is 27.7 Å². The SMILES string of the molecule is C=CCSCCNC(C)c1ccc(Br)cc1. The molecule has 0 heterocycles. The number of thioether (sulfide) groups is 1. The highest BCUT2D eigenvalue weighted by Gasteiger charge is 2.03. The van der Waals surface area contributed by atoms with Crippen molar-refractivity contribution >= 4 is 27.7 Å². The number of benzene rings is 1. The molecule has 0 bridgehead atoms. The monoisotopic (exact) mass is 299 g/mol. The number of rotatable bonds is 7. The first-order valence-electron chi connectivity index (χ1n) is 5.41. The summed E-state index contributed by atoms with van der Waals surface area (Å²) >= 11 is 5.35. The molecule has 1 aromatic rings. The van der Waals surface area contributed by atoms with Crippen molar-refractivity contribution in [3.8, 4) is 0 Å². The van der Waals surface area contributed by atoms with Crippen molar-refractivity contribution < 1.29 is 0 Å². The summed E-state index contributed by atoms with van der Waals surface area (Å²) in [6, 6.07) is 8.88. The molecule has 1 unspecified atom stereocenters. The van der Waals surface area contributed by atoms with Crippen molar-refractivity contribution in [3.63, 3.8) is 0 Å². The van der Waals surface area contributed by atoms with Gasteiger partial charge in [0.05, 0.1) is 0 Å². The van der Waals surface area contributed by atoms with E-state index in [0.717, 1.165) is 22.5 Å². The summed E-state index contributed by atoms with van der Waals surface area (Å²) in [5, 5.41) is 3.51. The fourth-order valence-electron chi connectivity index (χ4n) is 1.38. The van der Waals surface area contributed by atoms with Gasteiger partial charge in [0.25, 0.3) is 0 Å². The minimum absolute atomic E-state index is 0.414. The molecule has 1 aromatic carbocycles. The van der Waals surface area contributed by atoms with E-state index in [1.807, 2.05) is 17.8 Å². The van der Waals surface area contributed by atoms with Crippen LogP contribution in [0.25, 0.3) is 0 Å². The average molecular weight is 300 g/mol. The first-order valence-corrected chi connectivity index (χ1v) is 7.36. The van der Waals surface area contributed by atoms with Gasteiger partial charge in [-0.05, 0) is 24.6 Å². The second-order valence-corrected chi connectivity index (χ2v) is 5.66. The van der Waals surface area contributed by atoms with Gasteiger partial charge in [-0.25, -0.2) is 0 Å². The molecular formula is C13H18BrNS. The van der Waals surface area contributed by atoms with Gasteiger partial charge in [0.1, 0.15) is 0 Å². The number of halogens is 1. The van der Waals surface area contributed by atoms with Gasteiger partial charge in [0.2, 0.25) is 0 Å². The van der Waals surface area contributed by atoms with Crippen LogP contribution in [-0.4, -0.2) is 18.1 Å². The lowest BCUT2D eigenvalue weighted by atomic mass is 10.1. The van der Waals surface area contributed by atoms with E-state index in [2.05, 4.69) is 59.0 Å². The second kappa shape index (κ2) is 7.93. The highest BCUT2D eigenvalue weighted by atomic mass is 79.9. The maximum Gasteiger partial charge on any atom is 0.0292 e. The third kappa shape index (κ3) is 5.19. The van der Waals surface area contributed by atoms with Crippen LogP contribution in [0.2, 0.25) is 0 Å². The zero-order valence-corrected chi connectivity index (χ0v) is 12.0. The minimum Gasteiger partial charge on any atom is -0.309 e. The van der Waals surface area contributed by atoms with Gasteiger partial charge < -0.3 is 5.32 Å². The lowest BCUT2D eigenvalue weighted by Crippen LogP contribution is -2.21. The van der Waals surface area contributed by atoms with Crippen LogP contribution in [0.3, 0.4) is 0 Å². The van der Waals surface area contributed by atoms with Gasteiger partial charge in [-0.3, -0.25) is 0 Å². The van der Waals surface area contributed by atoms with Gasteiger partial charge in [-0.1, -0.05) is 34.1 Å². The first-order chi connectivity index (χ1) is 7.74. The smallest absolute Gasteiger partial charge is 0.0292 e. The third-order valence-corrected chi connectivity index (χ3v) is 3.80. The van der Waals surface area contributed by atoms with Crippen LogP contribution in [0.1, 0.15) is 18.5 Å². The van der Waals surface area contributed by atoms with E-state index in [9.17, 15) is 0 Å². The Morgan fingerprint density at radius 2 is 2.12 bits per heavy atom. The number of hydrogen-bond acceptors (Lipinski definition) is 2. The summed E-state index contributed by atoms with van der Waals surface area (Å²) in [7, 11) is 0. The van der Waals surface area contributed by atoms with Crippen LogP contribution in [0.5, 0.6) is 0 Å². The van der Waals surface area contributed by atoms with Crippen molar-refractivity contribution in [2.24, 2.45) is 0 Å². The largest absolute Gasteiger partial charge is 0.309 e. The lowest BCUT2D eigenvalue weighted by molar-refractivity contribution is 0.601. The van der Waals surface area contributed by atoms with Crippen molar-refractivity contribution in [3.05, 3.63) is 47.0 Å². The van der Waals surface area contributed by atoms with E-state index in [1.54, 1.807) is 0 Å². The Kier molecular flexibility index (Phi) is 6.85. The maximum atomic E-state index is 3.70. The average Bonchev–Trinajstić information content (AvgIpc) is 2.29. The topological polar surface area (TPSA) is 12.0 Å². The molecule has 1 atom stereocenters. The zero-order chi connectivity index (χ0) is 11.8. The Morgan fingerprint density at radius 3 is 2.75 bits per heavy atom. The van der Waals surface area contributed by atoms with Crippen LogP contribution < -0.4 is 5.32 Å². The predicted molar refractivity (Wildman–Crippen MR) is 78.1 cm³/mol. The fourth-order valence-corrected chi connectivity index (χ4v) is 2.24. The first kappa shape index (κ1) is 13.8. The van der Waals surface area contributed by atoms with E-state index < -0.39 is 0 Å².